The van der Waals surface area contributed by atoms with E-state index in [2.05, 4.69) is 15.5 Å². The first-order valence-corrected chi connectivity index (χ1v) is 7.14. The molecule has 1 aromatic heterocycles. The summed E-state index contributed by atoms with van der Waals surface area (Å²) >= 11 is 5.95. The minimum Gasteiger partial charge on any atom is -0.392 e. The Morgan fingerprint density at radius 2 is 2.00 bits per heavy atom. The van der Waals surface area contributed by atoms with E-state index in [1.54, 1.807) is 12.1 Å². The van der Waals surface area contributed by atoms with Crippen LogP contribution in [0.15, 0.2) is 53.1 Å². The maximum Gasteiger partial charge on any atom is 0.258 e. The molecule has 0 amide bonds. The molecule has 1 heterocycles. The summed E-state index contributed by atoms with van der Waals surface area (Å²) in [6, 6.07) is 14.8. The zero-order valence-corrected chi connectivity index (χ0v) is 12.4. The van der Waals surface area contributed by atoms with E-state index < -0.39 is 0 Å². The first-order valence-electron chi connectivity index (χ1n) is 6.77. The molecule has 0 saturated carbocycles. The van der Waals surface area contributed by atoms with Gasteiger partial charge in [0.1, 0.15) is 0 Å². The Labute approximate surface area is 132 Å². The number of aliphatic hydroxyl groups excluding tert-OH is 1. The Balaban J connectivity index is 1.69. The van der Waals surface area contributed by atoms with Crippen molar-refractivity contribution in [2.75, 3.05) is 5.32 Å². The number of rotatable bonds is 5. The van der Waals surface area contributed by atoms with Crippen LogP contribution < -0.4 is 5.32 Å². The number of nitrogens with zero attached hydrogens (tertiary/aromatic N) is 2. The molecule has 0 fully saturated rings. The highest BCUT2D eigenvalue weighted by atomic mass is 35.5. The minimum absolute atomic E-state index is 0.0106. The van der Waals surface area contributed by atoms with E-state index in [1.165, 1.54) is 0 Å². The van der Waals surface area contributed by atoms with Gasteiger partial charge in [-0.15, -0.1) is 0 Å². The van der Waals surface area contributed by atoms with E-state index in [-0.39, 0.29) is 6.61 Å². The van der Waals surface area contributed by atoms with Crippen LogP contribution in [0.5, 0.6) is 0 Å². The fourth-order valence-electron chi connectivity index (χ4n) is 2.03. The van der Waals surface area contributed by atoms with Crippen LogP contribution in [0.25, 0.3) is 11.5 Å². The Hall–Kier alpha value is -2.37. The van der Waals surface area contributed by atoms with Crippen LogP contribution in [0.4, 0.5) is 5.69 Å². The summed E-state index contributed by atoms with van der Waals surface area (Å²) in [5.74, 6) is 0.979. The average Bonchev–Trinajstić information content (AvgIpc) is 3.02. The van der Waals surface area contributed by atoms with E-state index in [9.17, 15) is 0 Å². The van der Waals surface area contributed by atoms with Crippen LogP contribution in [0, 0.1) is 0 Å². The third-order valence-electron chi connectivity index (χ3n) is 3.10. The number of aliphatic hydroxyl groups is 1. The first-order chi connectivity index (χ1) is 10.7. The molecule has 0 atom stereocenters. The molecule has 3 rings (SSSR count). The van der Waals surface area contributed by atoms with Crippen molar-refractivity contribution < 1.29 is 9.63 Å². The van der Waals surface area contributed by atoms with Crippen molar-refractivity contribution in [3.63, 3.8) is 0 Å². The number of anilines is 1. The Kier molecular flexibility index (Phi) is 4.37. The van der Waals surface area contributed by atoms with Gasteiger partial charge in [-0.3, -0.25) is 0 Å². The third-order valence-corrected chi connectivity index (χ3v) is 3.33. The predicted octanol–water partition coefficient (Wildman–Crippen LogP) is 3.49. The van der Waals surface area contributed by atoms with Gasteiger partial charge in [0.25, 0.3) is 5.89 Å². The number of nitrogens with one attached hydrogen (secondary N) is 1. The minimum atomic E-state index is 0.0106. The molecule has 0 aliphatic rings. The van der Waals surface area contributed by atoms with Gasteiger partial charge in [0.05, 0.1) is 13.2 Å². The molecule has 2 N–H and O–H groups in total. The zero-order valence-electron chi connectivity index (χ0n) is 11.7. The van der Waals surface area contributed by atoms with Gasteiger partial charge in [0.2, 0.25) is 0 Å². The summed E-state index contributed by atoms with van der Waals surface area (Å²) in [6.45, 7) is 0.440. The van der Waals surface area contributed by atoms with Crippen LogP contribution in [0.1, 0.15) is 11.4 Å². The van der Waals surface area contributed by atoms with Crippen molar-refractivity contribution in [1.82, 2.24) is 10.1 Å². The van der Waals surface area contributed by atoms with Gasteiger partial charge >= 0.3 is 0 Å². The first kappa shape index (κ1) is 14.6. The van der Waals surface area contributed by atoms with Crippen molar-refractivity contribution >= 4 is 17.3 Å². The van der Waals surface area contributed by atoms with Gasteiger partial charge in [-0.25, -0.2) is 0 Å². The lowest BCUT2D eigenvalue weighted by Crippen LogP contribution is -2.01. The van der Waals surface area contributed by atoms with Gasteiger partial charge in [-0.2, -0.15) is 4.98 Å². The van der Waals surface area contributed by atoms with Crippen molar-refractivity contribution in [2.45, 2.75) is 13.2 Å². The lowest BCUT2D eigenvalue weighted by molar-refractivity contribution is 0.282. The molecule has 0 aliphatic heterocycles. The molecule has 0 aliphatic carbocycles. The van der Waals surface area contributed by atoms with Gasteiger partial charge in [-0.05, 0) is 35.9 Å². The number of aromatic nitrogens is 2. The van der Waals surface area contributed by atoms with Crippen LogP contribution in [0.3, 0.4) is 0 Å². The molecule has 6 heteroatoms. The standard InChI is InChI=1S/C16H14ClN3O2/c17-13-5-2-4-12(8-13)16-19-15(20-22-16)9-18-14-6-1-3-11(7-14)10-21/h1-8,18,21H,9-10H2. The number of benzene rings is 2. The van der Waals surface area contributed by atoms with Gasteiger partial charge < -0.3 is 14.9 Å². The SMILES string of the molecule is OCc1cccc(NCc2noc(-c3cccc(Cl)c3)n2)c1. The summed E-state index contributed by atoms with van der Waals surface area (Å²) < 4.78 is 5.24. The summed E-state index contributed by atoms with van der Waals surface area (Å²) in [7, 11) is 0. The molecule has 0 radical (unpaired) electrons. The molecule has 0 saturated heterocycles. The average molecular weight is 316 g/mol. The predicted molar refractivity (Wildman–Crippen MR) is 84.4 cm³/mol. The van der Waals surface area contributed by atoms with E-state index in [0.29, 0.717) is 23.3 Å². The van der Waals surface area contributed by atoms with E-state index >= 15 is 0 Å². The van der Waals surface area contributed by atoms with Crippen LogP contribution in [0.2, 0.25) is 5.02 Å². The monoisotopic (exact) mass is 315 g/mol. The molecule has 0 spiro atoms. The Bertz CT molecular complexity index is 773. The lowest BCUT2D eigenvalue weighted by Gasteiger charge is -2.04. The smallest absolute Gasteiger partial charge is 0.258 e. The molecule has 2 aromatic carbocycles. The molecule has 112 valence electrons. The van der Waals surface area contributed by atoms with Gasteiger partial charge in [0.15, 0.2) is 5.82 Å². The summed E-state index contributed by atoms with van der Waals surface area (Å²) in [5.41, 5.74) is 2.52. The highest BCUT2D eigenvalue weighted by Crippen LogP contribution is 2.21. The molecular formula is C16H14ClN3O2. The third kappa shape index (κ3) is 3.44. The summed E-state index contributed by atoms with van der Waals surface area (Å²) in [4.78, 5) is 4.33. The molecule has 3 aromatic rings. The highest BCUT2D eigenvalue weighted by molar-refractivity contribution is 6.30. The molecule has 5 nitrogen and oxygen atoms in total. The second-order valence-corrected chi connectivity index (χ2v) is 5.17. The normalized spacial score (nSPS) is 10.6. The molecular weight excluding hydrogens is 302 g/mol. The van der Waals surface area contributed by atoms with Crippen molar-refractivity contribution in [2.24, 2.45) is 0 Å². The molecule has 0 unspecified atom stereocenters. The van der Waals surface area contributed by atoms with Crippen LogP contribution in [-0.4, -0.2) is 15.2 Å². The van der Waals surface area contributed by atoms with E-state index in [0.717, 1.165) is 16.8 Å². The van der Waals surface area contributed by atoms with Crippen molar-refractivity contribution in [3.8, 4) is 11.5 Å². The fraction of sp³-hybridized carbons (Fsp3) is 0.125. The second kappa shape index (κ2) is 6.60. The Morgan fingerprint density at radius 3 is 2.82 bits per heavy atom. The maximum atomic E-state index is 9.12. The number of hydrogen-bond acceptors (Lipinski definition) is 5. The zero-order chi connectivity index (χ0) is 15.4. The number of halogens is 1. The Morgan fingerprint density at radius 1 is 1.14 bits per heavy atom. The molecule has 22 heavy (non-hydrogen) atoms. The lowest BCUT2D eigenvalue weighted by atomic mass is 10.2. The highest BCUT2D eigenvalue weighted by Gasteiger charge is 2.09. The topological polar surface area (TPSA) is 71.2 Å². The quantitative estimate of drug-likeness (QED) is 0.754. The number of hydrogen-bond donors (Lipinski definition) is 2. The van der Waals surface area contributed by atoms with Crippen molar-refractivity contribution in [3.05, 3.63) is 64.9 Å². The van der Waals surface area contributed by atoms with Gasteiger partial charge in [-0.1, -0.05) is 35.0 Å². The van der Waals surface area contributed by atoms with E-state index in [4.69, 9.17) is 21.2 Å². The summed E-state index contributed by atoms with van der Waals surface area (Å²) in [5, 5.41) is 16.9. The second-order valence-electron chi connectivity index (χ2n) is 4.74. The molecule has 0 bridgehead atoms. The van der Waals surface area contributed by atoms with Crippen LogP contribution >= 0.6 is 11.6 Å². The van der Waals surface area contributed by atoms with Gasteiger partial charge in [0, 0.05) is 16.3 Å². The fourth-order valence-corrected chi connectivity index (χ4v) is 2.22. The van der Waals surface area contributed by atoms with E-state index in [1.807, 2.05) is 36.4 Å². The summed E-state index contributed by atoms with van der Waals surface area (Å²) in [6.07, 6.45) is 0. The van der Waals surface area contributed by atoms with Crippen LogP contribution in [-0.2, 0) is 13.2 Å². The largest absolute Gasteiger partial charge is 0.392 e. The maximum absolute atomic E-state index is 9.12. The van der Waals surface area contributed by atoms with Crippen molar-refractivity contribution in [1.29, 1.82) is 0 Å².